The molecule has 0 atom stereocenters. The summed E-state index contributed by atoms with van der Waals surface area (Å²) >= 11 is 0. The van der Waals surface area contributed by atoms with Gasteiger partial charge in [-0.3, -0.25) is 4.79 Å². The Bertz CT molecular complexity index is 1120. The number of carbonyl (C=O) groups is 1. The number of unbranched alkanes of at least 4 members (excludes halogenated alkanes) is 1. The van der Waals surface area contributed by atoms with Crippen molar-refractivity contribution in [3.05, 3.63) is 24.0 Å². The highest BCUT2D eigenvalue weighted by molar-refractivity contribution is 7.89. The minimum absolute atomic E-state index is 0.0383. The van der Waals surface area contributed by atoms with Crippen molar-refractivity contribution in [3.63, 3.8) is 0 Å². The lowest BCUT2D eigenvalue weighted by molar-refractivity contribution is -0.139. The molecule has 1 saturated carbocycles. The van der Waals surface area contributed by atoms with Gasteiger partial charge in [0.25, 0.3) is 0 Å². The molecule has 0 spiro atoms. The number of hydrogen-bond acceptors (Lipinski definition) is 4. The standard InChI is InChI=1S/C23H31F2N3O4S/c1-2-3-4-21-26-19-12-18(33(31,32)27-13-17(14-27)11-22(29)30)5-6-20(19)28(21)15-16-7-9-23(24,25)10-8-16/h5-6,12,16-17H,2-4,7-11,13-15H2,1H3,(H,29,30). The van der Waals surface area contributed by atoms with Gasteiger partial charge in [-0.1, -0.05) is 13.3 Å². The predicted molar refractivity (Wildman–Crippen MR) is 120 cm³/mol. The SMILES string of the molecule is CCCCc1nc2cc(S(=O)(=O)N3CC(CC(=O)O)C3)ccc2n1CC1CCC(F)(F)CC1. The fourth-order valence-electron chi connectivity index (χ4n) is 4.83. The topological polar surface area (TPSA) is 92.5 Å². The van der Waals surface area contributed by atoms with Crippen LogP contribution in [0.3, 0.4) is 0 Å². The van der Waals surface area contributed by atoms with Gasteiger partial charge in [0.15, 0.2) is 0 Å². The molecule has 1 saturated heterocycles. The summed E-state index contributed by atoms with van der Waals surface area (Å²) in [5.74, 6) is -2.64. The van der Waals surface area contributed by atoms with E-state index in [2.05, 4.69) is 11.5 Å². The van der Waals surface area contributed by atoms with Crippen LogP contribution in [-0.2, 0) is 27.8 Å². The van der Waals surface area contributed by atoms with Gasteiger partial charge in [-0.25, -0.2) is 22.2 Å². The molecular weight excluding hydrogens is 452 g/mol. The van der Waals surface area contributed by atoms with E-state index in [0.717, 1.165) is 30.6 Å². The van der Waals surface area contributed by atoms with Crippen molar-refractivity contribution in [1.82, 2.24) is 13.9 Å². The van der Waals surface area contributed by atoms with Crippen LogP contribution in [0.1, 0.15) is 57.7 Å². The van der Waals surface area contributed by atoms with Gasteiger partial charge in [0, 0.05) is 38.9 Å². The number of carboxylic acids is 1. The lowest BCUT2D eigenvalue weighted by atomic mass is 9.86. The third-order valence-corrected chi connectivity index (χ3v) is 8.68. The summed E-state index contributed by atoms with van der Waals surface area (Å²) in [6.07, 6.45) is 3.41. The molecule has 33 heavy (non-hydrogen) atoms. The minimum atomic E-state index is -3.72. The van der Waals surface area contributed by atoms with Crippen LogP contribution in [0.25, 0.3) is 11.0 Å². The Balaban J connectivity index is 1.57. The maximum absolute atomic E-state index is 13.6. The number of rotatable bonds is 9. The third kappa shape index (κ3) is 5.21. The van der Waals surface area contributed by atoms with E-state index in [1.165, 1.54) is 4.31 Å². The van der Waals surface area contributed by atoms with Gasteiger partial charge in [-0.15, -0.1) is 0 Å². The van der Waals surface area contributed by atoms with E-state index in [0.29, 0.717) is 24.9 Å². The summed E-state index contributed by atoms with van der Waals surface area (Å²) in [4.78, 5) is 15.7. The van der Waals surface area contributed by atoms with Crippen molar-refractivity contribution < 1.29 is 27.1 Å². The fourth-order valence-corrected chi connectivity index (χ4v) is 6.45. The zero-order valence-electron chi connectivity index (χ0n) is 18.8. The van der Waals surface area contributed by atoms with E-state index < -0.39 is 21.9 Å². The molecule has 2 aromatic rings. The van der Waals surface area contributed by atoms with Crippen molar-refractivity contribution in [2.75, 3.05) is 13.1 Å². The number of sulfonamides is 1. The Morgan fingerprint density at radius 2 is 1.91 bits per heavy atom. The highest BCUT2D eigenvalue weighted by Gasteiger charge is 2.38. The van der Waals surface area contributed by atoms with Gasteiger partial charge in [0.05, 0.1) is 22.3 Å². The molecule has 2 aliphatic rings. The zero-order chi connectivity index (χ0) is 23.8. The molecule has 7 nitrogen and oxygen atoms in total. The quantitative estimate of drug-likeness (QED) is 0.574. The first kappa shape index (κ1) is 24.1. The molecule has 0 radical (unpaired) electrons. The second kappa shape index (κ2) is 9.29. The zero-order valence-corrected chi connectivity index (χ0v) is 19.7. The first-order chi connectivity index (χ1) is 15.6. The minimum Gasteiger partial charge on any atom is -0.481 e. The number of halogens is 2. The monoisotopic (exact) mass is 483 g/mol. The van der Waals surface area contributed by atoms with Gasteiger partial charge in [0.1, 0.15) is 5.82 Å². The van der Waals surface area contributed by atoms with E-state index in [4.69, 9.17) is 10.1 Å². The summed E-state index contributed by atoms with van der Waals surface area (Å²) < 4.78 is 56.6. The molecular formula is C23H31F2N3O4S. The van der Waals surface area contributed by atoms with E-state index >= 15 is 0 Å². The van der Waals surface area contributed by atoms with Crippen molar-refractivity contribution in [1.29, 1.82) is 0 Å². The number of imidazole rings is 1. The van der Waals surface area contributed by atoms with Crippen LogP contribution >= 0.6 is 0 Å². The van der Waals surface area contributed by atoms with Crippen LogP contribution in [0.15, 0.2) is 23.1 Å². The highest BCUT2D eigenvalue weighted by Crippen LogP contribution is 2.37. The maximum Gasteiger partial charge on any atom is 0.303 e. The Hall–Kier alpha value is -2.07. The van der Waals surface area contributed by atoms with Gasteiger partial charge < -0.3 is 9.67 Å². The fraction of sp³-hybridized carbons (Fsp3) is 0.652. The highest BCUT2D eigenvalue weighted by atomic mass is 32.2. The first-order valence-electron chi connectivity index (χ1n) is 11.7. The van der Waals surface area contributed by atoms with E-state index in [1.54, 1.807) is 18.2 Å². The average molecular weight is 484 g/mol. The Kier molecular flexibility index (Phi) is 6.77. The molecule has 0 amide bonds. The molecule has 10 heteroatoms. The molecule has 1 aliphatic heterocycles. The second-order valence-corrected chi connectivity index (χ2v) is 11.4. The molecule has 1 N–H and O–H groups in total. The number of aromatic nitrogens is 2. The van der Waals surface area contributed by atoms with Crippen molar-refractivity contribution in [3.8, 4) is 0 Å². The summed E-state index contributed by atoms with van der Waals surface area (Å²) in [6, 6.07) is 4.91. The number of alkyl halides is 2. The molecule has 0 unspecified atom stereocenters. The van der Waals surface area contributed by atoms with Crippen LogP contribution < -0.4 is 0 Å². The number of nitrogens with zero attached hydrogens (tertiary/aromatic N) is 3. The lowest BCUT2D eigenvalue weighted by Gasteiger charge is -2.37. The largest absolute Gasteiger partial charge is 0.481 e. The predicted octanol–water partition coefficient (Wildman–Crippen LogP) is 4.30. The number of aryl methyl sites for hydroxylation is 1. The summed E-state index contributed by atoms with van der Waals surface area (Å²) in [5, 5.41) is 8.89. The van der Waals surface area contributed by atoms with Crippen LogP contribution in [0, 0.1) is 11.8 Å². The molecule has 4 rings (SSSR count). The number of hydrogen-bond donors (Lipinski definition) is 1. The van der Waals surface area contributed by atoms with Crippen LogP contribution in [0.5, 0.6) is 0 Å². The molecule has 2 fully saturated rings. The first-order valence-corrected chi connectivity index (χ1v) is 13.1. The van der Waals surface area contributed by atoms with E-state index in [-0.39, 0.29) is 49.1 Å². The molecule has 182 valence electrons. The number of carboxylic acid groups (broad SMARTS) is 1. The van der Waals surface area contributed by atoms with E-state index in [1.807, 2.05) is 0 Å². The maximum atomic E-state index is 13.6. The van der Waals surface area contributed by atoms with Crippen molar-refractivity contribution >= 4 is 27.0 Å². The van der Waals surface area contributed by atoms with Crippen LogP contribution in [0.2, 0.25) is 0 Å². The number of fused-ring (bicyclic) bond motifs is 1. The Labute approximate surface area is 192 Å². The number of aliphatic carboxylic acids is 1. The average Bonchev–Trinajstić information content (AvgIpc) is 3.06. The van der Waals surface area contributed by atoms with Crippen LogP contribution in [-0.4, -0.2) is 52.4 Å². The van der Waals surface area contributed by atoms with Gasteiger partial charge in [-0.2, -0.15) is 4.31 Å². The molecule has 1 aromatic heterocycles. The van der Waals surface area contributed by atoms with Gasteiger partial charge in [0.2, 0.25) is 15.9 Å². The number of benzene rings is 1. The molecule has 1 aromatic carbocycles. The van der Waals surface area contributed by atoms with Crippen LogP contribution in [0.4, 0.5) is 8.78 Å². The third-order valence-electron chi connectivity index (χ3n) is 6.85. The molecule has 2 heterocycles. The smallest absolute Gasteiger partial charge is 0.303 e. The van der Waals surface area contributed by atoms with Crippen molar-refractivity contribution in [2.24, 2.45) is 11.8 Å². The Morgan fingerprint density at radius 1 is 1.21 bits per heavy atom. The van der Waals surface area contributed by atoms with Gasteiger partial charge >= 0.3 is 5.97 Å². The molecule has 0 bridgehead atoms. The molecule has 1 aliphatic carbocycles. The van der Waals surface area contributed by atoms with Crippen molar-refractivity contribution in [2.45, 2.75) is 75.7 Å². The lowest BCUT2D eigenvalue weighted by Crippen LogP contribution is -2.50. The Morgan fingerprint density at radius 3 is 2.55 bits per heavy atom. The van der Waals surface area contributed by atoms with E-state index in [9.17, 15) is 22.0 Å². The summed E-state index contributed by atoms with van der Waals surface area (Å²) in [6.45, 7) is 3.11. The second-order valence-electron chi connectivity index (χ2n) is 9.48. The van der Waals surface area contributed by atoms with Gasteiger partial charge in [-0.05, 0) is 49.3 Å². The normalized spacial score (nSPS) is 20.2. The summed E-state index contributed by atoms with van der Waals surface area (Å²) in [7, 11) is -3.72. The summed E-state index contributed by atoms with van der Waals surface area (Å²) in [5.41, 5.74) is 1.41.